The Morgan fingerprint density at radius 1 is 1.19 bits per heavy atom. The van der Waals surface area contributed by atoms with Crippen molar-refractivity contribution in [2.45, 2.75) is 11.8 Å². The average molecular weight is 370 g/mol. The Kier molecular flexibility index (Phi) is 3.87. The number of H-pyrrole nitrogens is 2. The number of rotatable bonds is 3. The van der Waals surface area contributed by atoms with Gasteiger partial charge in [-0.2, -0.15) is 0 Å². The van der Waals surface area contributed by atoms with E-state index in [1.807, 2.05) is 0 Å². The van der Waals surface area contributed by atoms with Crippen LogP contribution in [0.3, 0.4) is 0 Å². The minimum Gasteiger partial charge on any atom is -0.306 e. The second-order valence-electron chi connectivity index (χ2n) is 4.76. The molecule has 3 aromatic rings. The molecular weight excluding hydrogens is 359 g/mol. The quantitative estimate of drug-likeness (QED) is 0.665. The van der Waals surface area contributed by atoms with Crippen LogP contribution in [0.15, 0.2) is 45.7 Å². The zero-order chi connectivity index (χ0) is 15.0. The number of benzene rings is 2. The third-order valence-electron chi connectivity index (χ3n) is 3.33. The summed E-state index contributed by atoms with van der Waals surface area (Å²) in [5.74, 6) is -0.268. The lowest BCUT2D eigenvalue weighted by Gasteiger charge is -2.13. The van der Waals surface area contributed by atoms with Crippen LogP contribution in [0.5, 0.6) is 0 Å². The van der Waals surface area contributed by atoms with E-state index in [0.29, 0.717) is 23.0 Å². The van der Waals surface area contributed by atoms with Crippen LogP contribution in [0.25, 0.3) is 11.0 Å². The standard InChI is InChI=1S/C15H11BrClFN2O/c16-10-7-14-13(19-15(21)20-14)6-9(10)11(17)5-8-3-1-2-4-12(8)18/h1-4,6-7,11H,5H2,(H2,19,20,21). The van der Waals surface area contributed by atoms with Gasteiger partial charge in [0.25, 0.3) is 0 Å². The summed E-state index contributed by atoms with van der Waals surface area (Å²) in [5, 5.41) is -0.404. The number of imidazole rings is 1. The lowest BCUT2D eigenvalue weighted by molar-refractivity contribution is 0.607. The van der Waals surface area contributed by atoms with Crippen molar-refractivity contribution >= 4 is 38.6 Å². The van der Waals surface area contributed by atoms with Crippen LogP contribution < -0.4 is 5.69 Å². The summed E-state index contributed by atoms with van der Waals surface area (Å²) >= 11 is 9.87. The molecule has 3 nitrogen and oxygen atoms in total. The smallest absolute Gasteiger partial charge is 0.306 e. The number of aromatic nitrogens is 2. The Morgan fingerprint density at radius 2 is 1.86 bits per heavy atom. The minimum atomic E-state index is -0.404. The molecule has 1 unspecified atom stereocenters. The van der Waals surface area contributed by atoms with Gasteiger partial charge in [-0.15, -0.1) is 11.6 Å². The third-order valence-corrected chi connectivity index (χ3v) is 4.40. The van der Waals surface area contributed by atoms with Crippen molar-refractivity contribution in [3.05, 3.63) is 68.3 Å². The van der Waals surface area contributed by atoms with E-state index in [0.717, 1.165) is 10.0 Å². The number of alkyl halides is 1. The van der Waals surface area contributed by atoms with E-state index in [4.69, 9.17) is 11.6 Å². The predicted molar refractivity (Wildman–Crippen MR) is 85.3 cm³/mol. The molecule has 2 aromatic carbocycles. The first-order chi connectivity index (χ1) is 10.0. The lowest BCUT2D eigenvalue weighted by atomic mass is 10.0. The normalized spacial score (nSPS) is 12.7. The number of fused-ring (bicyclic) bond motifs is 1. The van der Waals surface area contributed by atoms with Crippen LogP contribution in [-0.4, -0.2) is 9.97 Å². The van der Waals surface area contributed by atoms with Gasteiger partial charge >= 0.3 is 5.69 Å². The maximum Gasteiger partial charge on any atom is 0.323 e. The molecule has 0 aliphatic heterocycles. The monoisotopic (exact) mass is 368 g/mol. The van der Waals surface area contributed by atoms with Crippen molar-refractivity contribution < 1.29 is 4.39 Å². The van der Waals surface area contributed by atoms with Crippen molar-refractivity contribution in [2.75, 3.05) is 0 Å². The van der Waals surface area contributed by atoms with Gasteiger partial charge < -0.3 is 9.97 Å². The molecule has 1 aromatic heterocycles. The van der Waals surface area contributed by atoms with E-state index in [9.17, 15) is 9.18 Å². The van der Waals surface area contributed by atoms with E-state index in [1.54, 1.807) is 30.3 Å². The molecule has 108 valence electrons. The van der Waals surface area contributed by atoms with Gasteiger partial charge in [0.15, 0.2) is 0 Å². The average Bonchev–Trinajstić information content (AvgIpc) is 2.79. The summed E-state index contributed by atoms with van der Waals surface area (Å²) in [5.41, 5.74) is 2.48. The van der Waals surface area contributed by atoms with Crippen LogP contribution in [0, 0.1) is 5.82 Å². The number of aromatic amines is 2. The third kappa shape index (κ3) is 2.89. The van der Waals surface area contributed by atoms with E-state index in [-0.39, 0.29) is 11.5 Å². The zero-order valence-corrected chi connectivity index (χ0v) is 13.1. The van der Waals surface area contributed by atoms with Gasteiger partial charge in [-0.25, -0.2) is 9.18 Å². The molecule has 0 spiro atoms. The maximum atomic E-state index is 13.7. The Labute approximate surface area is 133 Å². The molecule has 0 bridgehead atoms. The van der Waals surface area contributed by atoms with Gasteiger partial charge in [0.05, 0.1) is 16.4 Å². The number of nitrogens with one attached hydrogen (secondary N) is 2. The molecule has 0 aliphatic carbocycles. The molecule has 6 heteroatoms. The van der Waals surface area contributed by atoms with Crippen LogP contribution in [0.4, 0.5) is 4.39 Å². The number of hydrogen-bond donors (Lipinski definition) is 2. The molecule has 0 radical (unpaired) electrons. The topological polar surface area (TPSA) is 48.6 Å². The van der Waals surface area contributed by atoms with Gasteiger partial charge in [0, 0.05) is 4.47 Å². The van der Waals surface area contributed by atoms with Crippen molar-refractivity contribution in [1.82, 2.24) is 9.97 Å². The highest BCUT2D eigenvalue weighted by Crippen LogP contribution is 2.33. The number of halogens is 3. The van der Waals surface area contributed by atoms with Crippen molar-refractivity contribution in [3.63, 3.8) is 0 Å². The molecule has 1 atom stereocenters. The van der Waals surface area contributed by atoms with Crippen LogP contribution in [-0.2, 0) is 6.42 Å². The highest BCUT2D eigenvalue weighted by atomic mass is 79.9. The van der Waals surface area contributed by atoms with Crippen LogP contribution in [0.1, 0.15) is 16.5 Å². The highest BCUT2D eigenvalue weighted by Gasteiger charge is 2.16. The van der Waals surface area contributed by atoms with E-state index in [1.165, 1.54) is 6.07 Å². The molecular formula is C15H11BrClFN2O. The molecule has 0 aliphatic rings. The first kappa shape index (κ1) is 14.4. The van der Waals surface area contributed by atoms with E-state index >= 15 is 0 Å². The highest BCUT2D eigenvalue weighted by molar-refractivity contribution is 9.10. The fourth-order valence-corrected chi connectivity index (χ4v) is 3.38. The largest absolute Gasteiger partial charge is 0.323 e. The molecule has 1 heterocycles. The number of hydrogen-bond acceptors (Lipinski definition) is 1. The van der Waals surface area contributed by atoms with E-state index in [2.05, 4.69) is 25.9 Å². The van der Waals surface area contributed by atoms with E-state index < -0.39 is 5.38 Å². The second kappa shape index (κ2) is 5.66. The summed E-state index contributed by atoms with van der Waals surface area (Å²) in [6, 6.07) is 10.2. The molecule has 0 saturated carbocycles. The Morgan fingerprint density at radius 3 is 2.57 bits per heavy atom. The Balaban J connectivity index is 1.97. The van der Waals surface area contributed by atoms with Gasteiger partial charge in [0.1, 0.15) is 5.82 Å². The molecule has 0 amide bonds. The van der Waals surface area contributed by atoms with Crippen LogP contribution >= 0.6 is 27.5 Å². The lowest BCUT2D eigenvalue weighted by Crippen LogP contribution is -2.00. The molecule has 0 fully saturated rings. The summed E-state index contributed by atoms with van der Waals surface area (Å²) in [7, 11) is 0. The van der Waals surface area contributed by atoms with Gasteiger partial charge in [-0.3, -0.25) is 0 Å². The Bertz CT molecular complexity index is 858. The summed E-state index contributed by atoms with van der Waals surface area (Å²) in [6.07, 6.45) is 0.368. The van der Waals surface area contributed by atoms with Crippen molar-refractivity contribution in [1.29, 1.82) is 0 Å². The molecule has 3 rings (SSSR count). The zero-order valence-electron chi connectivity index (χ0n) is 10.8. The van der Waals surface area contributed by atoms with Crippen molar-refractivity contribution in [3.8, 4) is 0 Å². The minimum absolute atomic E-state index is 0.268. The second-order valence-corrected chi connectivity index (χ2v) is 6.14. The fraction of sp³-hybridized carbons (Fsp3) is 0.133. The van der Waals surface area contributed by atoms with Gasteiger partial charge in [-0.1, -0.05) is 34.1 Å². The molecule has 2 N–H and O–H groups in total. The summed E-state index contributed by atoms with van der Waals surface area (Å²) in [6.45, 7) is 0. The molecule has 0 saturated heterocycles. The SMILES string of the molecule is O=c1[nH]c2cc(Br)c(C(Cl)Cc3ccccc3F)cc2[nH]1. The first-order valence-electron chi connectivity index (χ1n) is 6.33. The summed E-state index contributed by atoms with van der Waals surface area (Å²) < 4.78 is 14.5. The van der Waals surface area contributed by atoms with Crippen LogP contribution in [0.2, 0.25) is 0 Å². The Hall–Kier alpha value is -1.59. The van der Waals surface area contributed by atoms with Crippen molar-refractivity contribution in [2.24, 2.45) is 0 Å². The maximum absolute atomic E-state index is 13.7. The van der Waals surface area contributed by atoms with Gasteiger partial charge in [0.2, 0.25) is 0 Å². The molecule has 21 heavy (non-hydrogen) atoms. The fourth-order valence-electron chi connectivity index (χ4n) is 2.28. The first-order valence-corrected chi connectivity index (χ1v) is 7.56. The van der Waals surface area contributed by atoms with Gasteiger partial charge in [-0.05, 0) is 35.7 Å². The predicted octanol–water partition coefficient (Wildman–Crippen LogP) is 4.28. The summed E-state index contributed by atoms with van der Waals surface area (Å²) in [4.78, 5) is 16.7.